The highest BCUT2D eigenvalue weighted by atomic mass is 16.5. The second kappa shape index (κ2) is 90.9. The maximum atomic E-state index is 7.00. The highest BCUT2D eigenvalue weighted by molar-refractivity contribution is 4.59. The van der Waals surface area contributed by atoms with E-state index in [9.17, 15) is 0 Å². The molecule has 84 heavy (non-hydrogen) atoms. The minimum absolute atomic E-state index is 1.00. The molecule has 506 valence electrons. The summed E-state index contributed by atoms with van der Waals surface area (Å²) in [4.78, 5) is 0. The molecule has 3 heteroatoms. The first-order valence-electron chi connectivity index (χ1n) is 39.7. The normalized spacial score (nSPS) is 21.9. The maximum Gasteiger partial charge on any atom is 0.0829 e. The van der Waals surface area contributed by atoms with E-state index < -0.39 is 0 Å². The molecular weight excluding hydrogens is 1020 g/mol. The second-order valence-electron chi connectivity index (χ2n) is 27.0. The number of hydrogen-bond acceptors (Lipinski definition) is 3. The first-order valence-corrected chi connectivity index (χ1v) is 39.7. The van der Waals surface area contributed by atoms with Gasteiger partial charge in [0.15, 0.2) is 0 Å². The summed E-state index contributed by atoms with van der Waals surface area (Å²) in [5.41, 5.74) is 0. The summed E-state index contributed by atoms with van der Waals surface area (Å²) in [6, 6.07) is 0. The Labute approximate surface area is 533 Å². The Morgan fingerprint density at radius 1 is 0.131 bits per heavy atom. The Kier molecular flexibility index (Phi) is 94.6. The predicted molar refractivity (Wildman–Crippen MR) is 384 cm³/mol. The molecule has 0 aromatic rings. The lowest BCUT2D eigenvalue weighted by atomic mass is 10.1. The van der Waals surface area contributed by atoms with Gasteiger partial charge in [-0.25, -0.2) is 0 Å². The molecular formula is C81H164O3. The average Bonchev–Trinajstić information content (AvgIpc) is 3.58. The van der Waals surface area contributed by atoms with Gasteiger partial charge in [-0.15, -0.1) is 0 Å². The molecule has 0 aliphatic heterocycles. The van der Waals surface area contributed by atoms with Crippen LogP contribution in [0.25, 0.3) is 0 Å². The lowest BCUT2D eigenvalue weighted by Crippen LogP contribution is -1.81. The molecule has 0 amide bonds. The molecule has 0 spiro atoms. The Balaban J connectivity index is -0.000000941. The molecule has 0 aromatic carbocycles. The Hall–Kier alpha value is -0.800. The van der Waals surface area contributed by atoms with Crippen LogP contribution in [0.2, 0.25) is 0 Å². The van der Waals surface area contributed by atoms with Gasteiger partial charge in [0.25, 0.3) is 0 Å². The van der Waals surface area contributed by atoms with Crippen LogP contribution in [0.4, 0.5) is 0 Å². The average molecular weight is 1190 g/mol. The zero-order chi connectivity index (χ0) is 61.2. The molecule has 0 bridgehead atoms. The minimum Gasteiger partial charge on any atom is -0.474 e. The molecule has 5 saturated carbocycles. The summed E-state index contributed by atoms with van der Waals surface area (Å²) < 4.78 is 4.36. The summed E-state index contributed by atoms with van der Waals surface area (Å²) in [6.45, 7) is 6.51. The first-order chi connectivity index (χ1) is 41.9. The van der Waals surface area contributed by atoms with Crippen molar-refractivity contribution in [3.8, 4) is 0 Å². The van der Waals surface area contributed by atoms with E-state index in [4.69, 9.17) is 10.2 Å². The quantitative estimate of drug-likeness (QED) is 0.271. The molecule has 5 aliphatic carbocycles. The highest BCUT2D eigenvalue weighted by Crippen LogP contribution is 2.22. The van der Waals surface area contributed by atoms with Crippen LogP contribution in [0.5, 0.6) is 0 Å². The third kappa shape index (κ3) is 89.9. The molecule has 0 radical (unpaired) electrons. The van der Waals surface area contributed by atoms with Crippen LogP contribution in [0.1, 0.15) is 482 Å². The van der Waals surface area contributed by atoms with Crippen LogP contribution in [0, 0.1) is 0 Å². The van der Waals surface area contributed by atoms with Crippen molar-refractivity contribution in [3.63, 3.8) is 0 Å². The maximum absolute atomic E-state index is 7.00. The van der Waals surface area contributed by atoms with Crippen LogP contribution in [0.15, 0.2) is 25.7 Å². The smallest absolute Gasteiger partial charge is 0.0829 e. The van der Waals surface area contributed by atoms with E-state index in [1.54, 1.807) is 0 Å². The number of aliphatic hydroxyl groups is 2. The van der Waals surface area contributed by atoms with Crippen molar-refractivity contribution in [3.05, 3.63) is 25.7 Å². The monoisotopic (exact) mass is 1190 g/mol. The minimum atomic E-state index is 1.00. The van der Waals surface area contributed by atoms with Gasteiger partial charge in [0, 0.05) is 14.2 Å². The van der Waals surface area contributed by atoms with Crippen molar-refractivity contribution in [2.75, 3.05) is 14.2 Å². The zero-order valence-corrected chi connectivity index (χ0v) is 58.9. The van der Waals surface area contributed by atoms with Crippen molar-refractivity contribution in [1.29, 1.82) is 0 Å². The van der Waals surface area contributed by atoms with E-state index >= 15 is 0 Å². The Morgan fingerprint density at radius 2 is 0.167 bits per heavy atom. The van der Waals surface area contributed by atoms with Gasteiger partial charge in [0.05, 0.1) is 12.5 Å². The van der Waals surface area contributed by atoms with Gasteiger partial charge in [-0.2, -0.15) is 0 Å². The zero-order valence-electron chi connectivity index (χ0n) is 58.9. The van der Waals surface area contributed by atoms with Gasteiger partial charge in [-0.3, -0.25) is 0 Å². The third-order valence-corrected chi connectivity index (χ3v) is 18.9. The Bertz CT molecular complexity index is 584. The number of hydrogen-bond donors (Lipinski definition) is 2. The van der Waals surface area contributed by atoms with E-state index in [-0.39, 0.29) is 0 Å². The van der Waals surface area contributed by atoms with Crippen LogP contribution >= 0.6 is 0 Å². The van der Waals surface area contributed by atoms with Crippen molar-refractivity contribution in [1.82, 2.24) is 0 Å². The van der Waals surface area contributed by atoms with Gasteiger partial charge in [0.2, 0.25) is 0 Å². The van der Waals surface area contributed by atoms with E-state index in [1.165, 1.54) is 494 Å². The molecule has 5 rings (SSSR count). The van der Waals surface area contributed by atoms with Crippen molar-refractivity contribution >= 4 is 0 Å². The van der Waals surface area contributed by atoms with Crippen LogP contribution in [-0.2, 0) is 4.74 Å². The summed E-state index contributed by atoms with van der Waals surface area (Å²) in [5.74, 6) is 0. The van der Waals surface area contributed by atoms with E-state index in [2.05, 4.69) is 17.9 Å². The fourth-order valence-electron chi connectivity index (χ4n) is 13.3. The fourth-order valence-corrected chi connectivity index (χ4v) is 13.3. The standard InChI is InChI=1S/5C15H30.C4H6O.2CH4O/c5*1-2-4-6-8-10-12-14-15-13-11-9-7-5-3-1;1-3-5-4-2;2*1-2/h5*1-15H2;3-4H,1-2H2;2*2H,1H3. The van der Waals surface area contributed by atoms with Crippen LogP contribution in [0.3, 0.4) is 0 Å². The predicted octanol–water partition coefficient (Wildman–Crippen LogP) is 29.8. The topological polar surface area (TPSA) is 49.7 Å². The van der Waals surface area contributed by atoms with Gasteiger partial charge in [-0.05, 0) is 0 Å². The van der Waals surface area contributed by atoms with E-state index in [0.29, 0.717) is 0 Å². The fraction of sp³-hybridized carbons (Fsp3) is 0.951. The Morgan fingerprint density at radius 3 is 0.179 bits per heavy atom. The molecule has 3 nitrogen and oxygen atoms in total. The first kappa shape index (κ1) is 87.4. The molecule has 0 atom stereocenters. The molecule has 0 unspecified atom stereocenters. The summed E-state index contributed by atoms with van der Waals surface area (Å²) in [6.07, 6.45) is 115. The molecule has 5 fully saturated rings. The second-order valence-corrected chi connectivity index (χ2v) is 27.0. The van der Waals surface area contributed by atoms with Gasteiger partial charge < -0.3 is 14.9 Å². The van der Waals surface area contributed by atoms with Crippen molar-refractivity contribution < 1.29 is 14.9 Å². The largest absolute Gasteiger partial charge is 0.474 e. The molecule has 0 saturated heterocycles. The van der Waals surface area contributed by atoms with Crippen LogP contribution < -0.4 is 0 Å². The number of aliphatic hydroxyl groups excluding tert-OH is 2. The number of rotatable bonds is 2. The van der Waals surface area contributed by atoms with Gasteiger partial charge in [-0.1, -0.05) is 495 Å². The number of ether oxygens (including phenoxy) is 1. The summed E-state index contributed by atoms with van der Waals surface area (Å²) >= 11 is 0. The lowest BCUT2D eigenvalue weighted by Gasteiger charge is -2.01. The van der Waals surface area contributed by atoms with Crippen LogP contribution in [-0.4, -0.2) is 24.4 Å². The van der Waals surface area contributed by atoms with Crippen molar-refractivity contribution in [2.24, 2.45) is 0 Å². The molecule has 0 heterocycles. The third-order valence-electron chi connectivity index (χ3n) is 18.9. The molecule has 5 aliphatic rings. The lowest BCUT2D eigenvalue weighted by molar-refractivity contribution is 0.399. The van der Waals surface area contributed by atoms with E-state index in [1.807, 2.05) is 0 Å². The summed E-state index contributed by atoms with van der Waals surface area (Å²) in [7, 11) is 2.00. The highest BCUT2D eigenvalue weighted by Gasteiger charge is 2.02. The van der Waals surface area contributed by atoms with Gasteiger partial charge in [0.1, 0.15) is 0 Å². The summed E-state index contributed by atoms with van der Waals surface area (Å²) in [5, 5.41) is 14.0. The SMILES string of the molecule is C1CCCCCCCCCCCCCC1.C1CCCCCCCCCCCCCC1.C1CCCCCCCCCCCCCC1.C1CCCCCCCCCCCCCC1.C1CCCCCCCCCCCCCC1.C=COC=C.CO.CO. The molecule has 2 N–H and O–H groups in total. The van der Waals surface area contributed by atoms with Crippen molar-refractivity contribution in [2.45, 2.75) is 482 Å². The van der Waals surface area contributed by atoms with Gasteiger partial charge >= 0.3 is 0 Å². The molecule has 0 aromatic heterocycles. The van der Waals surface area contributed by atoms with E-state index in [0.717, 1.165) is 14.2 Å².